The van der Waals surface area contributed by atoms with Crippen molar-refractivity contribution in [2.24, 2.45) is 0 Å². The van der Waals surface area contributed by atoms with Gasteiger partial charge in [-0.1, -0.05) is 12.1 Å². The number of H-pyrrole nitrogens is 1. The third kappa shape index (κ3) is 6.00. The summed E-state index contributed by atoms with van der Waals surface area (Å²) in [7, 11) is 1.67. The number of methoxy groups -OCH3 is 1. The monoisotopic (exact) mass is 433 g/mol. The average molecular weight is 433 g/mol. The molecule has 3 aromatic heterocycles. The molecule has 0 bridgehead atoms. The number of halogens is 1. The summed E-state index contributed by atoms with van der Waals surface area (Å²) in [5, 5.41) is 13.7. The lowest BCUT2D eigenvalue weighted by Crippen LogP contribution is -2.09. The van der Waals surface area contributed by atoms with Crippen molar-refractivity contribution in [2.75, 3.05) is 24.3 Å². The molecule has 0 atom stereocenters. The Morgan fingerprint density at radius 2 is 1.94 bits per heavy atom. The third-order valence-electron chi connectivity index (χ3n) is 4.81. The molecule has 0 aliphatic carbocycles. The van der Waals surface area contributed by atoms with Crippen LogP contribution in [0.4, 0.5) is 22.0 Å². The zero-order valence-corrected chi connectivity index (χ0v) is 17.7. The van der Waals surface area contributed by atoms with Gasteiger partial charge >= 0.3 is 0 Å². The van der Waals surface area contributed by atoms with E-state index in [0.29, 0.717) is 30.5 Å². The van der Waals surface area contributed by atoms with Gasteiger partial charge in [-0.3, -0.25) is 10.1 Å². The Morgan fingerprint density at radius 3 is 2.78 bits per heavy atom. The van der Waals surface area contributed by atoms with Crippen molar-refractivity contribution in [1.29, 1.82) is 0 Å². The molecule has 4 rings (SSSR count). The fourth-order valence-corrected chi connectivity index (χ4v) is 3.16. The van der Waals surface area contributed by atoms with Crippen molar-refractivity contribution < 1.29 is 9.13 Å². The third-order valence-corrected chi connectivity index (χ3v) is 4.81. The van der Waals surface area contributed by atoms with E-state index in [1.165, 1.54) is 17.8 Å². The maximum Gasteiger partial charge on any atom is 0.224 e. The Labute approximate surface area is 185 Å². The normalized spacial score (nSPS) is 10.7. The van der Waals surface area contributed by atoms with E-state index in [1.54, 1.807) is 25.4 Å². The molecule has 32 heavy (non-hydrogen) atoms. The van der Waals surface area contributed by atoms with Crippen LogP contribution in [-0.2, 0) is 19.3 Å². The van der Waals surface area contributed by atoms with Crippen LogP contribution in [0, 0.1) is 5.82 Å². The first-order valence-corrected chi connectivity index (χ1v) is 10.3. The van der Waals surface area contributed by atoms with Gasteiger partial charge in [-0.15, -0.1) is 0 Å². The fourth-order valence-electron chi connectivity index (χ4n) is 3.16. The minimum atomic E-state index is -0.342. The highest BCUT2D eigenvalue weighted by molar-refractivity contribution is 5.53. The Kier molecular flexibility index (Phi) is 6.86. The minimum absolute atomic E-state index is 0.342. The Balaban J connectivity index is 1.28. The summed E-state index contributed by atoms with van der Waals surface area (Å²) in [6.45, 7) is 0.582. The first-order chi connectivity index (χ1) is 15.7. The van der Waals surface area contributed by atoms with Crippen LogP contribution >= 0.6 is 0 Å². The Bertz CT molecular complexity index is 1150. The SMILES string of the molecule is COc1cccc(CCc2cc(Nc3ccnc(NCCc4ccc(F)cn4)n3)n[nH]2)c1. The van der Waals surface area contributed by atoms with Crippen LogP contribution in [0.1, 0.15) is 17.0 Å². The number of nitrogens with zero attached hydrogens (tertiary/aromatic N) is 4. The maximum atomic E-state index is 12.9. The van der Waals surface area contributed by atoms with Crippen molar-refractivity contribution in [2.45, 2.75) is 19.3 Å². The summed E-state index contributed by atoms with van der Waals surface area (Å²) < 4.78 is 18.2. The van der Waals surface area contributed by atoms with E-state index in [9.17, 15) is 4.39 Å². The van der Waals surface area contributed by atoms with Gasteiger partial charge in [0, 0.05) is 36.6 Å². The summed E-state index contributed by atoms with van der Waals surface area (Å²) in [6.07, 6.45) is 5.23. The summed E-state index contributed by atoms with van der Waals surface area (Å²) in [4.78, 5) is 12.7. The largest absolute Gasteiger partial charge is 0.497 e. The molecule has 8 nitrogen and oxygen atoms in total. The molecule has 164 valence electrons. The van der Waals surface area contributed by atoms with Crippen LogP contribution in [0.5, 0.6) is 5.75 Å². The minimum Gasteiger partial charge on any atom is -0.497 e. The van der Waals surface area contributed by atoms with Gasteiger partial charge in [0.2, 0.25) is 5.95 Å². The standard InChI is InChI=1S/C23H24FN7O/c1-32-20-4-2-3-16(13-20)5-7-19-14-22(31-30-19)28-21-10-12-26-23(29-21)25-11-9-18-8-6-17(24)15-27-18/h2-4,6,8,10,12-15H,5,7,9,11H2,1H3,(H3,25,26,28,29,30,31). The molecule has 0 unspecified atom stereocenters. The second kappa shape index (κ2) is 10.3. The number of aromatic nitrogens is 5. The molecule has 3 N–H and O–H groups in total. The summed E-state index contributed by atoms with van der Waals surface area (Å²) in [6, 6.07) is 14.9. The number of rotatable bonds is 10. The molecule has 0 aliphatic heterocycles. The number of pyridine rings is 1. The molecular weight excluding hydrogens is 409 g/mol. The predicted molar refractivity (Wildman–Crippen MR) is 121 cm³/mol. The lowest BCUT2D eigenvalue weighted by Gasteiger charge is -2.07. The zero-order chi connectivity index (χ0) is 22.2. The highest BCUT2D eigenvalue weighted by Crippen LogP contribution is 2.17. The van der Waals surface area contributed by atoms with Gasteiger partial charge in [-0.05, 0) is 48.7 Å². The number of aryl methyl sites for hydroxylation is 2. The number of nitrogens with one attached hydrogen (secondary N) is 3. The highest BCUT2D eigenvalue weighted by atomic mass is 19.1. The van der Waals surface area contributed by atoms with Crippen molar-refractivity contribution in [1.82, 2.24) is 25.1 Å². The van der Waals surface area contributed by atoms with Crippen LogP contribution < -0.4 is 15.4 Å². The van der Waals surface area contributed by atoms with Gasteiger partial charge in [0.1, 0.15) is 17.4 Å². The van der Waals surface area contributed by atoms with Crippen molar-refractivity contribution in [3.05, 3.63) is 83.7 Å². The molecule has 0 saturated carbocycles. The second-order valence-electron chi connectivity index (χ2n) is 7.16. The number of ether oxygens (including phenoxy) is 1. The zero-order valence-electron chi connectivity index (χ0n) is 17.7. The van der Waals surface area contributed by atoms with Crippen molar-refractivity contribution in [3.8, 4) is 5.75 Å². The molecule has 3 heterocycles. The average Bonchev–Trinajstić information content (AvgIpc) is 3.27. The van der Waals surface area contributed by atoms with Gasteiger partial charge < -0.3 is 15.4 Å². The summed E-state index contributed by atoms with van der Waals surface area (Å²) in [5.41, 5.74) is 3.02. The van der Waals surface area contributed by atoms with Crippen molar-refractivity contribution in [3.63, 3.8) is 0 Å². The number of anilines is 3. The molecule has 4 aromatic rings. The summed E-state index contributed by atoms with van der Waals surface area (Å²) in [5.74, 6) is 2.33. The molecule has 0 amide bonds. The molecule has 1 aromatic carbocycles. The van der Waals surface area contributed by atoms with Gasteiger partial charge in [-0.2, -0.15) is 10.1 Å². The fraction of sp³-hybridized carbons (Fsp3) is 0.217. The van der Waals surface area contributed by atoms with E-state index < -0.39 is 0 Å². The van der Waals surface area contributed by atoms with Crippen LogP contribution in [0.2, 0.25) is 0 Å². The van der Waals surface area contributed by atoms with E-state index in [2.05, 4.69) is 41.8 Å². The molecule has 0 radical (unpaired) electrons. The van der Waals surface area contributed by atoms with Gasteiger partial charge in [0.25, 0.3) is 0 Å². The first-order valence-electron chi connectivity index (χ1n) is 10.3. The van der Waals surface area contributed by atoms with Crippen LogP contribution in [0.15, 0.2) is 60.9 Å². The van der Waals surface area contributed by atoms with E-state index in [1.807, 2.05) is 24.3 Å². The van der Waals surface area contributed by atoms with Crippen LogP contribution in [0.3, 0.4) is 0 Å². The van der Waals surface area contributed by atoms with Gasteiger partial charge in [-0.25, -0.2) is 9.37 Å². The number of hydrogen-bond donors (Lipinski definition) is 3. The second-order valence-corrected chi connectivity index (χ2v) is 7.16. The molecule has 0 fully saturated rings. The molecule has 0 aliphatic rings. The molecule has 0 spiro atoms. The Morgan fingerprint density at radius 1 is 1.00 bits per heavy atom. The number of aromatic amines is 1. The lowest BCUT2D eigenvalue weighted by atomic mass is 10.1. The predicted octanol–water partition coefficient (Wildman–Crippen LogP) is 3.93. The smallest absolute Gasteiger partial charge is 0.224 e. The van der Waals surface area contributed by atoms with Gasteiger partial charge in [0.15, 0.2) is 5.82 Å². The van der Waals surface area contributed by atoms with E-state index in [-0.39, 0.29) is 5.82 Å². The summed E-state index contributed by atoms with van der Waals surface area (Å²) >= 11 is 0. The van der Waals surface area contributed by atoms with Gasteiger partial charge in [0.05, 0.1) is 13.3 Å². The quantitative estimate of drug-likeness (QED) is 0.348. The topological polar surface area (TPSA) is 101 Å². The van der Waals surface area contributed by atoms with Crippen LogP contribution in [-0.4, -0.2) is 38.8 Å². The molecule has 9 heteroatoms. The molecular formula is C23H24FN7O. The first kappa shape index (κ1) is 21.2. The lowest BCUT2D eigenvalue weighted by molar-refractivity contribution is 0.414. The Hall–Kier alpha value is -4.01. The van der Waals surface area contributed by atoms with Crippen molar-refractivity contribution >= 4 is 17.6 Å². The highest BCUT2D eigenvalue weighted by Gasteiger charge is 2.05. The van der Waals surface area contributed by atoms with E-state index in [4.69, 9.17) is 4.74 Å². The van der Waals surface area contributed by atoms with E-state index >= 15 is 0 Å². The number of benzene rings is 1. The van der Waals surface area contributed by atoms with E-state index in [0.717, 1.165) is 30.0 Å². The number of hydrogen-bond acceptors (Lipinski definition) is 7. The van der Waals surface area contributed by atoms with Crippen LogP contribution in [0.25, 0.3) is 0 Å². The maximum absolute atomic E-state index is 12.9. The molecule has 0 saturated heterocycles.